The Kier molecular flexibility index (Phi) is 30.0. The smallest absolute Gasteiger partial charge is 0.243 e. The molecule has 0 spiro atoms. The van der Waals surface area contributed by atoms with Gasteiger partial charge in [0, 0.05) is 25.9 Å². The van der Waals surface area contributed by atoms with Crippen LogP contribution in [0.3, 0.4) is 0 Å². The quantitative estimate of drug-likeness (QED) is 0.0178. The van der Waals surface area contributed by atoms with Crippen LogP contribution in [0.2, 0.25) is 0 Å². The lowest BCUT2D eigenvalue weighted by atomic mass is 9.98. The number of guanidine groups is 2. The van der Waals surface area contributed by atoms with Crippen molar-refractivity contribution in [2.75, 3.05) is 32.7 Å². The lowest BCUT2D eigenvalue weighted by molar-refractivity contribution is -0.136. The summed E-state index contributed by atoms with van der Waals surface area (Å²) in [5.74, 6) is -7.42. The van der Waals surface area contributed by atoms with Gasteiger partial charge in [-0.25, -0.2) is 0 Å². The maximum absolute atomic E-state index is 14.4. The van der Waals surface area contributed by atoms with Gasteiger partial charge in [0.05, 0.1) is 19.1 Å². The Morgan fingerprint density at radius 3 is 1.42 bits per heavy atom. The monoisotopic (exact) mass is 1080 g/mol. The van der Waals surface area contributed by atoms with E-state index in [0.29, 0.717) is 43.4 Å². The predicted octanol–water partition coefficient (Wildman–Crippen LogP) is -3.64. The zero-order valence-electron chi connectivity index (χ0n) is 44.7. The summed E-state index contributed by atoms with van der Waals surface area (Å²) in [6.07, 6.45) is 2.27. The van der Waals surface area contributed by atoms with E-state index in [-0.39, 0.29) is 69.5 Å². The minimum atomic E-state index is -1.31. The van der Waals surface area contributed by atoms with E-state index in [1.165, 1.54) is 0 Å². The van der Waals surface area contributed by atoms with E-state index >= 15 is 0 Å². The Morgan fingerprint density at radius 1 is 0.481 bits per heavy atom. The van der Waals surface area contributed by atoms with Crippen LogP contribution in [0.4, 0.5) is 0 Å². The molecule has 0 aliphatic carbocycles. The van der Waals surface area contributed by atoms with Gasteiger partial charge in [-0.15, -0.1) is 0 Å². The molecule has 26 heteroatoms. The van der Waals surface area contributed by atoms with Crippen LogP contribution in [0, 0.1) is 11.8 Å². The van der Waals surface area contributed by atoms with E-state index in [0.717, 1.165) is 0 Å². The number of aliphatic imine (C=N–C) groups is 2. The van der Waals surface area contributed by atoms with Crippen molar-refractivity contribution in [1.29, 1.82) is 0 Å². The molecule has 0 heterocycles. The third-order valence-electron chi connectivity index (χ3n) is 11.8. The van der Waals surface area contributed by atoms with E-state index in [9.17, 15) is 43.2 Å². The average molecular weight is 1080 g/mol. The maximum Gasteiger partial charge on any atom is 0.243 e. The molecule has 7 atom stereocenters. The molecule has 426 valence electrons. The number of nitrogens with two attached hydrogens (primary N) is 7. The molecule has 0 bridgehead atoms. The van der Waals surface area contributed by atoms with Gasteiger partial charge in [-0.2, -0.15) is 0 Å². The molecular formula is C51H83N17O9. The summed E-state index contributed by atoms with van der Waals surface area (Å²) in [7, 11) is 0. The molecule has 0 saturated heterocycles. The molecule has 0 radical (unpaired) electrons. The first-order chi connectivity index (χ1) is 36.5. The third kappa shape index (κ3) is 27.0. The van der Waals surface area contributed by atoms with Gasteiger partial charge in [0.25, 0.3) is 0 Å². The fourth-order valence-corrected chi connectivity index (χ4v) is 7.70. The highest BCUT2D eigenvalue weighted by molar-refractivity contribution is 5.97. The molecule has 9 amide bonds. The van der Waals surface area contributed by atoms with Crippen LogP contribution in [0.25, 0.3) is 0 Å². The van der Waals surface area contributed by atoms with Gasteiger partial charge in [0.1, 0.15) is 36.3 Å². The van der Waals surface area contributed by atoms with Gasteiger partial charge in [-0.3, -0.25) is 53.1 Å². The fraction of sp³-hybridized carbons (Fsp3) is 0.549. The number of carbonyl (C=O) groups excluding carboxylic acids is 9. The van der Waals surface area contributed by atoms with Crippen LogP contribution in [0.5, 0.6) is 0 Å². The van der Waals surface area contributed by atoms with E-state index in [2.05, 4.69) is 52.5 Å². The first-order valence-corrected chi connectivity index (χ1v) is 25.8. The van der Waals surface area contributed by atoms with E-state index < -0.39 is 114 Å². The van der Waals surface area contributed by atoms with Gasteiger partial charge >= 0.3 is 0 Å². The van der Waals surface area contributed by atoms with Crippen molar-refractivity contribution < 1.29 is 43.2 Å². The highest BCUT2D eigenvalue weighted by Crippen LogP contribution is 2.12. The summed E-state index contributed by atoms with van der Waals surface area (Å²) >= 11 is 0. The minimum absolute atomic E-state index is 0.0269. The zero-order chi connectivity index (χ0) is 57.5. The molecule has 0 fully saturated rings. The van der Waals surface area contributed by atoms with E-state index in [1.807, 2.05) is 13.8 Å². The first-order valence-electron chi connectivity index (χ1n) is 25.8. The Bertz CT molecular complexity index is 2280. The fourth-order valence-electron chi connectivity index (χ4n) is 7.70. The number of unbranched alkanes of at least 4 members (excludes halogenated alkanes) is 1. The lowest BCUT2D eigenvalue weighted by Crippen LogP contribution is -2.61. The molecule has 2 aromatic carbocycles. The number of hydrogen-bond donors (Lipinski definition) is 15. The minimum Gasteiger partial charge on any atom is -0.370 e. The number of hydrogen-bond acceptors (Lipinski definition) is 13. The third-order valence-corrected chi connectivity index (χ3v) is 11.8. The molecule has 0 aliphatic rings. The second kappa shape index (κ2) is 35.4. The predicted molar refractivity (Wildman–Crippen MR) is 292 cm³/mol. The number of carbonyl (C=O) groups is 9. The molecule has 0 aliphatic heterocycles. The van der Waals surface area contributed by atoms with Crippen molar-refractivity contribution in [2.45, 2.75) is 134 Å². The summed E-state index contributed by atoms with van der Waals surface area (Å²) in [4.78, 5) is 129. The molecule has 0 aromatic heterocycles. The molecule has 2 aromatic rings. The van der Waals surface area contributed by atoms with Gasteiger partial charge in [-0.1, -0.05) is 88.4 Å². The second-order valence-corrected chi connectivity index (χ2v) is 19.3. The summed E-state index contributed by atoms with van der Waals surface area (Å²) in [5, 5.41) is 21.1. The topological polar surface area (TPSA) is 457 Å². The molecule has 22 N–H and O–H groups in total. The second-order valence-electron chi connectivity index (χ2n) is 19.3. The number of amides is 9. The molecule has 0 unspecified atom stereocenters. The van der Waals surface area contributed by atoms with Gasteiger partial charge in [0.15, 0.2) is 11.9 Å². The van der Waals surface area contributed by atoms with Crippen LogP contribution < -0.4 is 82.7 Å². The van der Waals surface area contributed by atoms with Crippen molar-refractivity contribution in [3.63, 3.8) is 0 Å². The summed E-state index contributed by atoms with van der Waals surface area (Å²) < 4.78 is 0. The van der Waals surface area contributed by atoms with Gasteiger partial charge in [0.2, 0.25) is 53.2 Å². The van der Waals surface area contributed by atoms with Crippen LogP contribution >= 0.6 is 0 Å². The number of nitrogens with one attached hydrogen (secondary N) is 8. The van der Waals surface area contributed by atoms with Crippen molar-refractivity contribution in [2.24, 2.45) is 62.0 Å². The number of benzene rings is 2. The summed E-state index contributed by atoms with van der Waals surface area (Å²) in [6, 6.07) is 9.33. The van der Waals surface area contributed by atoms with Crippen LogP contribution in [0.15, 0.2) is 70.6 Å². The SMILES string of the molecule is CC(C)C[C@H](NC(=O)[C@H](CCCCN)NC(=O)CNC(=O)[C@@H](N)CCCN=C(N)N)C(=O)N[C@H](C(=O)N[C@@H](Cc1ccccc1)C(=O)N[C@@H](Cc1ccccc1)C(=O)NCC(=O)N[C@@H](CCCN=C(N)N)C(N)=O)C(C)C. The zero-order valence-corrected chi connectivity index (χ0v) is 44.7. The Hall–Kier alpha value is -7.87. The van der Waals surface area contributed by atoms with Crippen molar-refractivity contribution >= 4 is 65.1 Å². The Balaban J connectivity index is 2.32. The number of nitrogens with zero attached hydrogens (tertiary/aromatic N) is 2. The highest BCUT2D eigenvalue weighted by atomic mass is 16.2. The van der Waals surface area contributed by atoms with Gasteiger partial charge in [-0.05, 0) is 80.9 Å². The van der Waals surface area contributed by atoms with Crippen molar-refractivity contribution in [1.82, 2.24) is 42.5 Å². The molecule has 0 saturated carbocycles. The first kappa shape index (κ1) is 65.2. The maximum atomic E-state index is 14.4. The van der Waals surface area contributed by atoms with E-state index in [1.54, 1.807) is 74.5 Å². The van der Waals surface area contributed by atoms with Crippen molar-refractivity contribution in [3.05, 3.63) is 71.8 Å². The van der Waals surface area contributed by atoms with Gasteiger partial charge < -0.3 is 82.7 Å². The standard InChI is InChI=1S/C51H83N17O9/c1-30(2)25-37(65-46(74)36(20-11-12-22-52)64-41(70)28-61-44(72)34(53)19-13-23-59-50(55)56)48(76)68-42(31(3)4)49(77)67-39(27-33-17-9-6-10-18-33)47(75)66-38(26-32-15-7-5-8-16-32)45(73)62-29-40(69)63-35(43(54)71)21-14-24-60-51(57)58/h5-10,15-18,30-31,34-39,42H,11-14,19-29,52-53H2,1-4H3,(H2,54,71)(H,61,72)(H,62,73)(H,63,69)(H,64,70)(H,65,74)(H,66,75)(H,67,77)(H,68,76)(H4,55,56,59)(H4,57,58,60)/t34-,35-,36-,37-,38-,39-,42-/m0/s1. The van der Waals surface area contributed by atoms with Crippen LogP contribution in [0.1, 0.15) is 90.2 Å². The van der Waals surface area contributed by atoms with E-state index in [4.69, 9.17) is 40.1 Å². The van der Waals surface area contributed by atoms with Crippen molar-refractivity contribution in [3.8, 4) is 0 Å². The molecule has 26 nitrogen and oxygen atoms in total. The average Bonchev–Trinajstić information content (AvgIpc) is 3.37. The van der Waals surface area contributed by atoms with Crippen LogP contribution in [-0.2, 0) is 56.0 Å². The normalized spacial score (nSPS) is 13.7. The van der Waals surface area contributed by atoms with Crippen LogP contribution in [-0.4, -0.2) is 140 Å². The Morgan fingerprint density at radius 2 is 0.922 bits per heavy atom. The molecular weight excluding hydrogens is 995 g/mol. The molecule has 77 heavy (non-hydrogen) atoms. The largest absolute Gasteiger partial charge is 0.370 e. The highest BCUT2D eigenvalue weighted by Gasteiger charge is 2.34. The molecule has 2 rings (SSSR count). The number of rotatable bonds is 36. The lowest BCUT2D eigenvalue weighted by Gasteiger charge is -2.29. The Labute approximate surface area is 450 Å². The summed E-state index contributed by atoms with van der Waals surface area (Å²) in [6.45, 7) is 6.73. The summed E-state index contributed by atoms with van der Waals surface area (Å²) in [5.41, 5.74) is 39.8. The number of primary amides is 1.